The molecule has 98 valence electrons. The largest absolute Gasteiger partial charge is 0.339 e. The molecule has 0 saturated carbocycles. The SMILES string of the molecule is CC(C)NCCc1nc(CSC(C)(C)C)no1. The maximum absolute atomic E-state index is 5.20. The molecule has 0 aliphatic rings. The van der Waals surface area contributed by atoms with Gasteiger partial charge in [0.15, 0.2) is 5.82 Å². The molecular weight excluding hydrogens is 234 g/mol. The Kier molecular flexibility index (Phi) is 5.46. The quantitative estimate of drug-likeness (QED) is 0.849. The minimum atomic E-state index is 0.236. The van der Waals surface area contributed by atoms with Gasteiger partial charge in [-0.1, -0.05) is 39.8 Å². The highest BCUT2D eigenvalue weighted by atomic mass is 32.2. The van der Waals surface area contributed by atoms with Gasteiger partial charge in [0.2, 0.25) is 5.89 Å². The fourth-order valence-electron chi connectivity index (χ4n) is 1.20. The molecule has 0 saturated heterocycles. The van der Waals surface area contributed by atoms with E-state index >= 15 is 0 Å². The number of nitrogens with zero attached hydrogens (tertiary/aromatic N) is 2. The normalized spacial score (nSPS) is 12.4. The van der Waals surface area contributed by atoms with Crippen LogP contribution in [0.5, 0.6) is 0 Å². The van der Waals surface area contributed by atoms with Crippen molar-refractivity contribution in [1.29, 1.82) is 0 Å². The molecule has 1 aromatic rings. The summed E-state index contributed by atoms with van der Waals surface area (Å²) in [6.07, 6.45) is 0.797. The summed E-state index contributed by atoms with van der Waals surface area (Å²) in [7, 11) is 0. The van der Waals surface area contributed by atoms with Crippen LogP contribution >= 0.6 is 11.8 Å². The van der Waals surface area contributed by atoms with E-state index < -0.39 is 0 Å². The van der Waals surface area contributed by atoms with Crippen LogP contribution < -0.4 is 5.32 Å². The minimum Gasteiger partial charge on any atom is -0.339 e. The van der Waals surface area contributed by atoms with E-state index in [0.29, 0.717) is 6.04 Å². The highest BCUT2D eigenvalue weighted by Crippen LogP contribution is 2.25. The van der Waals surface area contributed by atoms with Crippen LogP contribution in [-0.2, 0) is 12.2 Å². The van der Waals surface area contributed by atoms with Crippen LogP contribution in [0, 0.1) is 0 Å². The van der Waals surface area contributed by atoms with Gasteiger partial charge in [-0.25, -0.2) is 0 Å². The Balaban J connectivity index is 2.32. The first-order valence-corrected chi connectivity index (χ1v) is 7.04. The second-order valence-corrected chi connectivity index (χ2v) is 7.17. The van der Waals surface area contributed by atoms with Crippen LogP contribution in [0.4, 0.5) is 0 Å². The standard InChI is InChI=1S/C12H23N3OS/c1-9(2)13-7-6-11-14-10(15-16-11)8-17-12(3,4)5/h9,13H,6-8H2,1-5H3. The fourth-order valence-corrected chi connectivity index (χ4v) is 1.88. The third-order valence-electron chi connectivity index (χ3n) is 2.04. The Hall–Kier alpha value is -0.550. The average molecular weight is 257 g/mol. The van der Waals surface area contributed by atoms with Crippen molar-refractivity contribution in [3.8, 4) is 0 Å². The van der Waals surface area contributed by atoms with Gasteiger partial charge in [0.1, 0.15) is 0 Å². The Morgan fingerprint density at radius 1 is 1.35 bits per heavy atom. The fraction of sp³-hybridized carbons (Fsp3) is 0.833. The molecule has 5 heteroatoms. The number of aromatic nitrogens is 2. The summed E-state index contributed by atoms with van der Waals surface area (Å²) in [5.74, 6) is 2.33. The number of thioether (sulfide) groups is 1. The summed E-state index contributed by atoms with van der Waals surface area (Å²) in [4.78, 5) is 4.37. The first-order chi connectivity index (χ1) is 7.87. The number of nitrogens with one attached hydrogen (secondary N) is 1. The van der Waals surface area contributed by atoms with Crippen LogP contribution in [0.15, 0.2) is 4.52 Å². The molecule has 0 radical (unpaired) electrons. The molecule has 0 aliphatic carbocycles. The van der Waals surface area contributed by atoms with Crippen molar-refractivity contribution in [3.05, 3.63) is 11.7 Å². The van der Waals surface area contributed by atoms with Gasteiger partial charge in [-0.15, -0.1) is 11.8 Å². The van der Waals surface area contributed by atoms with Crippen molar-refractivity contribution >= 4 is 11.8 Å². The van der Waals surface area contributed by atoms with Crippen LogP contribution in [0.1, 0.15) is 46.3 Å². The van der Waals surface area contributed by atoms with Crippen molar-refractivity contribution in [2.75, 3.05) is 6.54 Å². The highest BCUT2D eigenvalue weighted by molar-refractivity contribution is 7.99. The van der Waals surface area contributed by atoms with E-state index in [1.807, 2.05) is 11.8 Å². The lowest BCUT2D eigenvalue weighted by molar-refractivity contribution is 0.370. The van der Waals surface area contributed by atoms with Crippen molar-refractivity contribution in [1.82, 2.24) is 15.5 Å². The second-order valence-electron chi connectivity index (χ2n) is 5.36. The summed E-state index contributed by atoms with van der Waals surface area (Å²) < 4.78 is 5.43. The number of rotatable bonds is 6. The summed E-state index contributed by atoms with van der Waals surface area (Å²) >= 11 is 1.83. The zero-order valence-corrected chi connectivity index (χ0v) is 12.2. The second kappa shape index (κ2) is 6.40. The third kappa shape index (κ3) is 6.68. The Morgan fingerprint density at radius 3 is 2.65 bits per heavy atom. The molecule has 0 fully saturated rings. The first kappa shape index (κ1) is 14.5. The van der Waals surface area contributed by atoms with Gasteiger partial charge >= 0.3 is 0 Å². The lowest BCUT2D eigenvalue weighted by Gasteiger charge is -2.15. The van der Waals surface area contributed by atoms with Crippen molar-refractivity contribution < 1.29 is 4.52 Å². The lowest BCUT2D eigenvalue weighted by Crippen LogP contribution is -2.25. The molecule has 1 rings (SSSR count). The highest BCUT2D eigenvalue weighted by Gasteiger charge is 2.13. The monoisotopic (exact) mass is 257 g/mol. The molecule has 0 aliphatic heterocycles. The summed E-state index contributed by atoms with van der Waals surface area (Å²) in [5.41, 5.74) is 0. The van der Waals surface area contributed by atoms with E-state index in [2.05, 4.69) is 50.1 Å². The van der Waals surface area contributed by atoms with E-state index in [9.17, 15) is 0 Å². The van der Waals surface area contributed by atoms with Gasteiger partial charge in [-0.2, -0.15) is 4.98 Å². The molecular formula is C12H23N3OS. The van der Waals surface area contributed by atoms with E-state index in [1.165, 1.54) is 0 Å². The van der Waals surface area contributed by atoms with Crippen LogP contribution in [0.25, 0.3) is 0 Å². The molecule has 0 aromatic carbocycles. The molecule has 0 amide bonds. The molecule has 0 bridgehead atoms. The van der Waals surface area contributed by atoms with E-state index in [1.54, 1.807) is 0 Å². The van der Waals surface area contributed by atoms with Gasteiger partial charge in [-0.3, -0.25) is 0 Å². The molecule has 1 N–H and O–H groups in total. The smallest absolute Gasteiger partial charge is 0.227 e. The molecule has 1 heterocycles. The van der Waals surface area contributed by atoms with Gasteiger partial charge in [0, 0.05) is 23.8 Å². The van der Waals surface area contributed by atoms with E-state index in [-0.39, 0.29) is 4.75 Å². The Labute approximate surface area is 108 Å². The summed E-state index contributed by atoms with van der Waals surface area (Å²) in [6.45, 7) is 11.7. The third-order valence-corrected chi connectivity index (χ3v) is 3.30. The van der Waals surface area contributed by atoms with Gasteiger partial charge in [0.05, 0.1) is 5.75 Å². The van der Waals surface area contributed by atoms with Crippen molar-refractivity contribution in [3.63, 3.8) is 0 Å². The molecule has 1 aromatic heterocycles. The van der Waals surface area contributed by atoms with Crippen LogP contribution in [0.3, 0.4) is 0 Å². The van der Waals surface area contributed by atoms with Crippen LogP contribution in [-0.4, -0.2) is 27.5 Å². The van der Waals surface area contributed by atoms with E-state index in [4.69, 9.17) is 4.52 Å². The van der Waals surface area contributed by atoms with Gasteiger partial charge in [-0.05, 0) is 0 Å². The zero-order valence-electron chi connectivity index (χ0n) is 11.4. The summed E-state index contributed by atoms with van der Waals surface area (Å²) in [5, 5.41) is 7.31. The maximum Gasteiger partial charge on any atom is 0.227 e. The first-order valence-electron chi connectivity index (χ1n) is 6.05. The molecule has 17 heavy (non-hydrogen) atoms. The van der Waals surface area contributed by atoms with E-state index in [0.717, 1.165) is 30.4 Å². The molecule has 4 nitrogen and oxygen atoms in total. The molecule has 0 atom stereocenters. The zero-order chi connectivity index (χ0) is 12.9. The minimum absolute atomic E-state index is 0.236. The van der Waals surface area contributed by atoms with Crippen molar-refractivity contribution in [2.24, 2.45) is 0 Å². The number of hydrogen-bond acceptors (Lipinski definition) is 5. The molecule has 0 unspecified atom stereocenters. The van der Waals surface area contributed by atoms with Gasteiger partial charge in [0.25, 0.3) is 0 Å². The van der Waals surface area contributed by atoms with Crippen molar-refractivity contribution in [2.45, 2.75) is 57.6 Å². The predicted molar refractivity (Wildman–Crippen MR) is 72.2 cm³/mol. The lowest BCUT2D eigenvalue weighted by atomic mass is 10.3. The topological polar surface area (TPSA) is 51.0 Å². The maximum atomic E-state index is 5.20. The Bertz CT molecular complexity index is 331. The average Bonchev–Trinajstić information content (AvgIpc) is 2.61. The number of hydrogen-bond donors (Lipinski definition) is 1. The predicted octanol–water partition coefficient (Wildman–Crippen LogP) is 2.64. The van der Waals surface area contributed by atoms with Gasteiger partial charge < -0.3 is 9.84 Å². The van der Waals surface area contributed by atoms with Crippen LogP contribution in [0.2, 0.25) is 0 Å². The summed E-state index contributed by atoms with van der Waals surface area (Å²) in [6, 6.07) is 0.494. The molecule has 0 spiro atoms. The Morgan fingerprint density at radius 2 is 2.06 bits per heavy atom.